The molecule has 0 bridgehead atoms. The molecule has 1 aromatic carbocycles. The summed E-state index contributed by atoms with van der Waals surface area (Å²) in [7, 11) is 0. The van der Waals surface area contributed by atoms with Crippen molar-refractivity contribution < 1.29 is 23.5 Å². The van der Waals surface area contributed by atoms with Gasteiger partial charge in [0.05, 0.1) is 11.4 Å². The standard InChI is InChI=1S/C15H13F2NO3S/c1-8-10-6-9(16)2-3-11(10)22-12(8)13(19)18-5-4-15(17,7-18)14(20)21/h2-3,6H,4-5,7H2,1H3,(H,20,21). The second-order valence-corrected chi connectivity index (χ2v) is 6.50. The van der Waals surface area contributed by atoms with Gasteiger partial charge in [0.2, 0.25) is 5.67 Å². The summed E-state index contributed by atoms with van der Waals surface area (Å²) in [6, 6.07) is 4.28. The number of nitrogens with zero attached hydrogens (tertiary/aromatic N) is 1. The minimum atomic E-state index is -2.38. The van der Waals surface area contributed by atoms with Gasteiger partial charge in [-0.25, -0.2) is 13.6 Å². The number of rotatable bonds is 2. The third-order valence-corrected chi connectivity index (χ3v) is 5.24. The molecular weight excluding hydrogens is 312 g/mol. The number of carboxylic acids is 1. The predicted octanol–water partition coefficient (Wildman–Crippen LogP) is 2.99. The molecular formula is C15H13F2NO3S. The van der Waals surface area contributed by atoms with E-state index < -0.39 is 24.1 Å². The van der Waals surface area contributed by atoms with Crippen molar-refractivity contribution in [2.24, 2.45) is 0 Å². The molecule has 4 nitrogen and oxygen atoms in total. The molecule has 1 aliphatic rings. The highest BCUT2D eigenvalue weighted by molar-refractivity contribution is 7.21. The van der Waals surface area contributed by atoms with Gasteiger partial charge in [-0.05, 0) is 36.1 Å². The Kier molecular flexibility index (Phi) is 3.40. The van der Waals surface area contributed by atoms with Gasteiger partial charge in [-0.2, -0.15) is 0 Å². The summed E-state index contributed by atoms with van der Waals surface area (Å²) in [6.45, 7) is 1.31. The van der Waals surface area contributed by atoms with Crippen LogP contribution in [0.3, 0.4) is 0 Å². The zero-order valence-electron chi connectivity index (χ0n) is 11.7. The molecule has 3 rings (SSSR count). The van der Waals surface area contributed by atoms with Crippen LogP contribution in [0.2, 0.25) is 0 Å². The Labute approximate surface area is 129 Å². The van der Waals surface area contributed by atoms with Crippen molar-refractivity contribution in [2.45, 2.75) is 19.0 Å². The lowest BCUT2D eigenvalue weighted by Crippen LogP contribution is -2.38. The van der Waals surface area contributed by atoms with Gasteiger partial charge in [-0.3, -0.25) is 4.79 Å². The maximum absolute atomic E-state index is 14.1. The molecule has 1 aromatic heterocycles. The van der Waals surface area contributed by atoms with E-state index in [9.17, 15) is 18.4 Å². The highest BCUT2D eigenvalue weighted by Gasteiger charge is 2.47. The van der Waals surface area contributed by atoms with E-state index in [0.29, 0.717) is 15.8 Å². The molecule has 0 aliphatic carbocycles. The van der Waals surface area contributed by atoms with Crippen molar-refractivity contribution in [3.63, 3.8) is 0 Å². The number of carbonyl (C=O) groups excluding carboxylic acids is 1. The fourth-order valence-corrected chi connectivity index (χ4v) is 3.82. The van der Waals surface area contributed by atoms with Crippen LogP contribution in [0.15, 0.2) is 18.2 Å². The number of benzene rings is 1. The van der Waals surface area contributed by atoms with Crippen LogP contribution < -0.4 is 0 Å². The molecule has 1 fully saturated rings. The molecule has 1 unspecified atom stereocenters. The minimum Gasteiger partial charge on any atom is -0.479 e. The van der Waals surface area contributed by atoms with Gasteiger partial charge in [-0.1, -0.05) is 0 Å². The summed E-state index contributed by atoms with van der Waals surface area (Å²) in [4.78, 5) is 25.0. The largest absolute Gasteiger partial charge is 0.479 e. The van der Waals surface area contributed by atoms with Crippen LogP contribution in [0.4, 0.5) is 8.78 Å². The van der Waals surface area contributed by atoms with Crippen LogP contribution in [0.1, 0.15) is 21.7 Å². The molecule has 1 saturated heterocycles. The van der Waals surface area contributed by atoms with E-state index in [-0.39, 0.29) is 18.8 Å². The molecule has 1 atom stereocenters. The zero-order valence-corrected chi connectivity index (χ0v) is 12.5. The quantitative estimate of drug-likeness (QED) is 0.923. The molecule has 1 amide bonds. The van der Waals surface area contributed by atoms with E-state index >= 15 is 0 Å². The first kappa shape index (κ1) is 14.9. The van der Waals surface area contributed by atoms with E-state index in [2.05, 4.69) is 0 Å². The van der Waals surface area contributed by atoms with Crippen LogP contribution >= 0.6 is 11.3 Å². The van der Waals surface area contributed by atoms with E-state index in [1.807, 2.05) is 0 Å². The average Bonchev–Trinajstić information content (AvgIpc) is 3.01. The molecule has 7 heteroatoms. The highest BCUT2D eigenvalue weighted by atomic mass is 32.1. The zero-order chi connectivity index (χ0) is 16.1. The molecule has 0 saturated carbocycles. The summed E-state index contributed by atoms with van der Waals surface area (Å²) >= 11 is 1.21. The van der Waals surface area contributed by atoms with Gasteiger partial charge in [0.15, 0.2) is 0 Å². The summed E-state index contributed by atoms with van der Waals surface area (Å²) < 4.78 is 28.2. The summed E-state index contributed by atoms with van der Waals surface area (Å²) in [5, 5.41) is 9.54. The molecule has 1 aliphatic heterocycles. The Hall–Kier alpha value is -2.02. The topological polar surface area (TPSA) is 57.6 Å². The molecule has 2 aromatic rings. The third kappa shape index (κ3) is 2.25. The lowest BCUT2D eigenvalue weighted by molar-refractivity contribution is -0.149. The highest BCUT2D eigenvalue weighted by Crippen LogP contribution is 2.34. The van der Waals surface area contributed by atoms with Gasteiger partial charge in [0.1, 0.15) is 5.82 Å². The number of carboxylic acid groups (broad SMARTS) is 1. The number of amides is 1. The SMILES string of the molecule is Cc1c(C(=O)N2CCC(F)(C(=O)O)C2)sc2ccc(F)cc12. The number of hydrogen-bond donors (Lipinski definition) is 1. The van der Waals surface area contributed by atoms with Crippen LogP contribution in [0, 0.1) is 12.7 Å². The van der Waals surface area contributed by atoms with E-state index in [1.54, 1.807) is 13.0 Å². The number of aryl methyl sites for hydroxylation is 1. The minimum absolute atomic E-state index is 0.0592. The predicted molar refractivity (Wildman–Crippen MR) is 78.5 cm³/mol. The first-order valence-corrected chi connectivity index (χ1v) is 7.54. The second-order valence-electron chi connectivity index (χ2n) is 5.44. The molecule has 1 N–H and O–H groups in total. The number of thiophene rings is 1. The Morgan fingerprint density at radius 1 is 1.41 bits per heavy atom. The molecule has 0 spiro atoms. The number of hydrogen-bond acceptors (Lipinski definition) is 3. The van der Waals surface area contributed by atoms with Crippen molar-refractivity contribution in [1.82, 2.24) is 4.90 Å². The van der Waals surface area contributed by atoms with Gasteiger partial charge < -0.3 is 10.0 Å². The van der Waals surface area contributed by atoms with Gasteiger partial charge in [-0.15, -0.1) is 11.3 Å². The number of fused-ring (bicyclic) bond motifs is 1. The number of aliphatic carboxylic acids is 1. The van der Waals surface area contributed by atoms with E-state index in [1.165, 1.54) is 28.4 Å². The molecule has 22 heavy (non-hydrogen) atoms. The Morgan fingerprint density at radius 2 is 2.14 bits per heavy atom. The fourth-order valence-electron chi connectivity index (χ4n) is 2.66. The third-order valence-electron chi connectivity index (χ3n) is 3.98. The second kappa shape index (κ2) is 5.01. The van der Waals surface area contributed by atoms with Crippen molar-refractivity contribution in [3.05, 3.63) is 34.5 Å². The van der Waals surface area contributed by atoms with Crippen molar-refractivity contribution in [3.8, 4) is 0 Å². The maximum Gasteiger partial charge on any atom is 0.343 e. The number of likely N-dealkylation sites (tertiary alicyclic amines) is 1. The van der Waals surface area contributed by atoms with Crippen LogP contribution in [0.25, 0.3) is 10.1 Å². The summed E-state index contributed by atoms with van der Waals surface area (Å²) in [5.41, 5.74) is -1.75. The summed E-state index contributed by atoms with van der Waals surface area (Å²) in [5.74, 6) is -2.33. The molecule has 2 heterocycles. The van der Waals surface area contributed by atoms with Crippen molar-refractivity contribution in [1.29, 1.82) is 0 Å². The van der Waals surface area contributed by atoms with Crippen LogP contribution in [0.5, 0.6) is 0 Å². The average molecular weight is 325 g/mol. The fraction of sp³-hybridized carbons (Fsp3) is 0.333. The van der Waals surface area contributed by atoms with Crippen molar-refractivity contribution >= 4 is 33.3 Å². The smallest absolute Gasteiger partial charge is 0.343 e. The number of alkyl halides is 1. The lowest BCUT2D eigenvalue weighted by atomic mass is 10.1. The monoisotopic (exact) mass is 325 g/mol. The van der Waals surface area contributed by atoms with Gasteiger partial charge in [0.25, 0.3) is 5.91 Å². The van der Waals surface area contributed by atoms with Crippen LogP contribution in [-0.4, -0.2) is 40.6 Å². The Morgan fingerprint density at radius 3 is 2.77 bits per heavy atom. The Bertz CT molecular complexity index is 788. The first-order valence-electron chi connectivity index (χ1n) is 6.72. The van der Waals surface area contributed by atoms with Gasteiger partial charge >= 0.3 is 5.97 Å². The van der Waals surface area contributed by atoms with E-state index in [0.717, 1.165) is 4.70 Å². The first-order chi connectivity index (χ1) is 10.3. The lowest BCUT2D eigenvalue weighted by Gasteiger charge is -2.17. The van der Waals surface area contributed by atoms with Crippen molar-refractivity contribution in [2.75, 3.05) is 13.1 Å². The molecule has 116 valence electrons. The number of carbonyl (C=O) groups is 2. The van der Waals surface area contributed by atoms with E-state index in [4.69, 9.17) is 5.11 Å². The normalized spacial score (nSPS) is 21.5. The summed E-state index contributed by atoms with van der Waals surface area (Å²) in [6.07, 6.45) is -0.216. The number of halogens is 2. The van der Waals surface area contributed by atoms with Gasteiger partial charge in [0, 0.05) is 17.7 Å². The van der Waals surface area contributed by atoms with Crippen LogP contribution in [-0.2, 0) is 4.79 Å². The Balaban J connectivity index is 1.94. The molecule has 0 radical (unpaired) electrons. The maximum atomic E-state index is 14.1.